The Hall–Kier alpha value is -1.45. The summed E-state index contributed by atoms with van der Waals surface area (Å²) in [5.41, 5.74) is 0.822. The van der Waals surface area contributed by atoms with Gasteiger partial charge in [0, 0.05) is 12.3 Å². The minimum Gasteiger partial charge on any atom is -0.490 e. The molecule has 4 saturated carbocycles. The topological polar surface area (TPSA) is 57.2 Å². The number of rotatable bonds is 2. The zero-order valence-corrected chi connectivity index (χ0v) is 17.5. The molecule has 28 heavy (non-hydrogen) atoms. The molecular formula is C24H36N2O2. The number of fused-ring (bicyclic) bond motifs is 5. The van der Waals surface area contributed by atoms with Gasteiger partial charge in [-0.1, -0.05) is 20.3 Å². The first-order chi connectivity index (χ1) is 13.4. The van der Waals surface area contributed by atoms with Crippen molar-refractivity contribution in [2.24, 2.45) is 34.5 Å². The van der Waals surface area contributed by atoms with Gasteiger partial charge in [-0.05, 0) is 98.4 Å². The Morgan fingerprint density at radius 1 is 1.07 bits per heavy atom. The van der Waals surface area contributed by atoms with Crippen molar-refractivity contribution in [3.05, 3.63) is 28.7 Å². The SMILES string of the molecule is C[C@@]12CCC[C@H]1[C@@H]1CCC3CCC(Oc4ccn(N)c(=O)c4)C[C@]3(C)[C@@H]1CC2. The highest BCUT2D eigenvalue weighted by molar-refractivity contribution is 5.19. The van der Waals surface area contributed by atoms with Crippen molar-refractivity contribution in [3.8, 4) is 5.75 Å². The summed E-state index contributed by atoms with van der Waals surface area (Å²) in [4.78, 5) is 11.9. The Bertz CT molecular complexity index is 804. The lowest BCUT2D eigenvalue weighted by atomic mass is 9.45. The van der Waals surface area contributed by atoms with Gasteiger partial charge in [-0.15, -0.1) is 0 Å². The molecule has 4 aliphatic carbocycles. The van der Waals surface area contributed by atoms with Gasteiger partial charge in [0.05, 0.1) is 6.10 Å². The second kappa shape index (κ2) is 6.53. The Kier molecular flexibility index (Phi) is 4.33. The summed E-state index contributed by atoms with van der Waals surface area (Å²) in [6.07, 6.45) is 15.5. The fraction of sp³-hybridized carbons (Fsp3) is 0.792. The van der Waals surface area contributed by atoms with Crippen LogP contribution in [0.3, 0.4) is 0 Å². The normalized spacial score (nSPS) is 45.0. The molecule has 0 aliphatic heterocycles. The van der Waals surface area contributed by atoms with E-state index in [0.717, 1.165) is 41.2 Å². The molecule has 0 bridgehead atoms. The van der Waals surface area contributed by atoms with E-state index in [9.17, 15) is 4.79 Å². The van der Waals surface area contributed by atoms with Crippen LogP contribution in [-0.4, -0.2) is 10.8 Å². The molecule has 2 N–H and O–H groups in total. The zero-order valence-electron chi connectivity index (χ0n) is 17.5. The summed E-state index contributed by atoms with van der Waals surface area (Å²) in [6, 6.07) is 3.35. The molecule has 154 valence electrons. The summed E-state index contributed by atoms with van der Waals surface area (Å²) in [5, 5.41) is 0. The van der Waals surface area contributed by atoms with Gasteiger partial charge in [-0.3, -0.25) is 4.79 Å². The van der Waals surface area contributed by atoms with Crippen molar-refractivity contribution >= 4 is 0 Å². The molecule has 4 heteroatoms. The average Bonchev–Trinajstić information content (AvgIpc) is 3.06. The Morgan fingerprint density at radius 3 is 2.71 bits per heavy atom. The van der Waals surface area contributed by atoms with E-state index in [2.05, 4.69) is 13.8 Å². The molecule has 0 spiro atoms. The second-order valence-corrected chi connectivity index (χ2v) is 10.9. The molecule has 4 aliphatic rings. The van der Waals surface area contributed by atoms with Crippen molar-refractivity contribution in [2.75, 3.05) is 5.84 Å². The third-order valence-corrected chi connectivity index (χ3v) is 9.57. The summed E-state index contributed by atoms with van der Waals surface area (Å²) in [5.74, 6) is 9.90. The molecule has 7 atom stereocenters. The molecule has 4 nitrogen and oxygen atoms in total. The van der Waals surface area contributed by atoms with E-state index in [1.165, 1.54) is 57.4 Å². The van der Waals surface area contributed by atoms with E-state index in [1.54, 1.807) is 6.20 Å². The van der Waals surface area contributed by atoms with Crippen molar-refractivity contribution in [1.29, 1.82) is 0 Å². The van der Waals surface area contributed by atoms with Crippen LogP contribution in [0.5, 0.6) is 5.75 Å². The molecular weight excluding hydrogens is 348 g/mol. The summed E-state index contributed by atoms with van der Waals surface area (Å²) < 4.78 is 7.43. The van der Waals surface area contributed by atoms with E-state index in [0.29, 0.717) is 16.6 Å². The van der Waals surface area contributed by atoms with Crippen LogP contribution in [0, 0.1) is 34.5 Å². The smallest absolute Gasteiger partial charge is 0.272 e. The van der Waals surface area contributed by atoms with Gasteiger partial charge in [-0.25, -0.2) is 4.68 Å². The number of aromatic nitrogens is 1. The third kappa shape index (κ3) is 2.81. The van der Waals surface area contributed by atoms with Crippen molar-refractivity contribution in [1.82, 2.24) is 4.68 Å². The maximum atomic E-state index is 11.9. The van der Waals surface area contributed by atoms with Crippen LogP contribution in [0.1, 0.15) is 78.1 Å². The zero-order chi connectivity index (χ0) is 19.5. The third-order valence-electron chi connectivity index (χ3n) is 9.57. The molecule has 0 radical (unpaired) electrons. The van der Waals surface area contributed by atoms with Crippen LogP contribution >= 0.6 is 0 Å². The molecule has 2 unspecified atom stereocenters. The van der Waals surface area contributed by atoms with E-state index < -0.39 is 0 Å². The standard InChI is InChI=1S/C24H36N2O2/c1-23-11-3-4-20(23)19-8-6-16-5-7-18(15-24(16,2)21(19)9-12-23)28-17-10-13-26(25)22(27)14-17/h10,13-14,16,18-21H,3-9,11-12,15,25H2,1-2H3/t16?,18?,19-,20-,21+,23-,24-/m0/s1. The van der Waals surface area contributed by atoms with E-state index in [4.69, 9.17) is 10.6 Å². The highest BCUT2D eigenvalue weighted by atomic mass is 16.5. The second-order valence-electron chi connectivity index (χ2n) is 10.9. The number of hydrogen-bond donors (Lipinski definition) is 1. The van der Waals surface area contributed by atoms with E-state index in [1.807, 2.05) is 6.07 Å². The number of ether oxygens (including phenoxy) is 1. The van der Waals surface area contributed by atoms with Gasteiger partial charge in [0.25, 0.3) is 5.56 Å². The first kappa shape index (κ1) is 18.6. The molecule has 0 aromatic carbocycles. The van der Waals surface area contributed by atoms with Gasteiger partial charge in [0.2, 0.25) is 0 Å². The Morgan fingerprint density at radius 2 is 1.89 bits per heavy atom. The van der Waals surface area contributed by atoms with Crippen LogP contribution in [0.2, 0.25) is 0 Å². The van der Waals surface area contributed by atoms with Gasteiger partial charge in [0.15, 0.2) is 0 Å². The number of pyridine rings is 1. The number of nitrogen functional groups attached to an aromatic ring is 1. The van der Waals surface area contributed by atoms with E-state index in [-0.39, 0.29) is 11.7 Å². The van der Waals surface area contributed by atoms with Crippen LogP contribution in [0.25, 0.3) is 0 Å². The fourth-order valence-corrected chi connectivity index (χ4v) is 8.14. The van der Waals surface area contributed by atoms with Gasteiger partial charge in [0.1, 0.15) is 5.75 Å². The molecule has 0 amide bonds. The maximum absolute atomic E-state index is 11.9. The fourth-order valence-electron chi connectivity index (χ4n) is 8.14. The monoisotopic (exact) mass is 384 g/mol. The lowest BCUT2D eigenvalue weighted by Gasteiger charge is -2.60. The lowest BCUT2D eigenvalue weighted by molar-refractivity contribution is -0.121. The van der Waals surface area contributed by atoms with Crippen molar-refractivity contribution in [2.45, 2.75) is 84.2 Å². The summed E-state index contributed by atoms with van der Waals surface area (Å²) >= 11 is 0. The van der Waals surface area contributed by atoms with E-state index >= 15 is 0 Å². The van der Waals surface area contributed by atoms with Gasteiger partial charge < -0.3 is 10.6 Å². The number of nitrogens with zero attached hydrogens (tertiary/aromatic N) is 1. The predicted molar refractivity (Wildman–Crippen MR) is 112 cm³/mol. The minimum atomic E-state index is -0.206. The number of hydrogen-bond acceptors (Lipinski definition) is 3. The van der Waals surface area contributed by atoms with Gasteiger partial charge >= 0.3 is 0 Å². The van der Waals surface area contributed by atoms with Crippen LogP contribution in [0.4, 0.5) is 0 Å². The van der Waals surface area contributed by atoms with Crippen molar-refractivity contribution < 1.29 is 4.74 Å². The predicted octanol–water partition coefficient (Wildman–Crippen LogP) is 4.74. The molecule has 1 aromatic heterocycles. The minimum absolute atomic E-state index is 0.206. The van der Waals surface area contributed by atoms with Gasteiger partial charge in [-0.2, -0.15) is 0 Å². The largest absolute Gasteiger partial charge is 0.490 e. The first-order valence-corrected chi connectivity index (χ1v) is 11.5. The quantitative estimate of drug-likeness (QED) is 0.749. The Balaban J connectivity index is 1.36. The van der Waals surface area contributed by atoms with Crippen LogP contribution in [0.15, 0.2) is 23.1 Å². The van der Waals surface area contributed by atoms with Crippen LogP contribution < -0.4 is 16.1 Å². The highest BCUT2D eigenvalue weighted by Gasteiger charge is 2.58. The molecule has 0 saturated heterocycles. The summed E-state index contributed by atoms with van der Waals surface area (Å²) in [7, 11) is 0. The maximum Gasteiger partial charge on any atom is 0.272 e. The molecule has 1 heterocycles. The van der Waals surface area contributed by atoms with Crippen molar-refractivity contribution in [3.63, 3.8) is 0 Å². The average molecular weight is 385 g/mol. The molecule has 4 fully saturated rings. The lowest BCUT2D eigenvalue weighted by Crippen LogP contribution is -2.54. The van der Waals surface area contributed by atoms with Crippen LogP contribution in [-0.2, 0) is 0 Å². The first-order valence-electron chi connectivity index (χ1n) is 11.5. The number of nitrogens with two attached hydrogens (primary N) is 1. The highest BCUT2D eigenvalue weighted by Crippen LogP contribution is 2.66. The molecule has 1 aromatic rings. The molecule has 5 rings (SSSR count). The summed E-state index contributed by atoms with van der Waals surface area (Å²) in [6.45, 7) is 5.17. The Labute approximate surface area is 168 Å².